The number of nitrogens with one attached hydrogen (secondary N) is 2. The summed E-state index contributed by atoms with van der Waals surface area (Å²) < 4.78 is 78.7. The summed E-state index contributed by atoms with van der Waals surface area (Å²) in [5.74, 6) is -2.04. The standard InChI is InChI=1S/C21H22F3N3O3.C21H20F3N3O3/c2*1-13-9-15(4-5-16(13)20(29)30)18-11-26-19-17(25-7-6-21(22,23)24)10-14(3-2-8-28)12-27(18)19/h4-5,9-12,25,28H,2-3,6-8H2,1H3,(H,29,30);2-5,9-12,25,28H,6-8H2,1H3,(H,29,30)/b;3-2-. The average molecular weight is 841 g/mol. The van der Waals surface area contributed by atoms with Crippen LogP contribution in [0.4, 0.5) is 37.7 Å². The molecule has 0 spiro atoms. The fraction of sp³-hybridized carbons (Fsp3) is 0.286. The van der Waals surface area contributed by atoms with E-state index in [-0.39, 0.29) is 37.4 Å². The molecule has 6 aromatic rings. The third kappa shape index (κ3) is 11.4. The van der Waals surface area contributed by atoms with Crippen LogP contribution < -0.4 is 10.6 Å². The van der Waals surface area contributed by atoms with Crippen molar-refractivity contribution in [2.75, 3.05) is 36.9 Å². The predicted molar refractivity (Wildman–Crippen MR) is 214 cm³/mol. The van der Waals surface area contributed by atoms with Crippen LogP contribution in [-0.4, -0.2) is 89.8 Å². The van der Waals surface area contributed by atoms with Crippen LogP contribution >= 0.6 is 0 Å². The van der Waals surface area contributed by atoms with Gasteiger partial charge in [-0.1, -0.05) is 24.3 Å². The molecule has 6 N–H and O–H groups in total. The zero-order valence-electron chi connectivity index (χ0n) is 32.4. The predicted octanol–water partition coefficient (Wildman–Crippen LogP) is 8.67. The maximum absolute atomic E-state index is 12.5. The minimum absolute atomic E-state index is 0.00149. The maximum Gasteiger partial charge on any atom is 0.390 e. The molecular weight excluding hydrogens is 798 g/mol. The normalized spacial score (nSPS) is 11.9. The first kappa shape index (κ1) is 44.7. The van der Waals surface area contributed by atoms with E-state index in [2.05, 4.69) is 20.6 Å². The number of benzene rings is 2. The number of carboxylic acids is 2. The molecule has 18 heteroatoms. The molecule has 0 fully saturated rings. The van der Waals surface area contributed by atoms with Gasteiger partial charge in [0.25, 0.3) is 0 Å². The van der Waals surface area contributed by atoms with Gasteiger partial charge in [-0.05, 0) is 85.3 Å². The van der Waals surface area contributed by atoms with Crippen LogP contribution in [0.2, 0.25) is 0 Å². The Bertz CT molecular complexity index is 2510. The summed E-state index contributed by atoms with van der Waals surface area (Å²) in [7, 11) is 0. The number of carboxylic acid groups (broad SMARTS) is 2. The minimum Gasteiger partial charge on any atom is -0.478 e. The Balaban J connectivity index is 0.000000228. The summed E-state index contributed by atoms with van der Waals surface area (Å²) in [4.78, 5) is 31.2. The number of carbonyl (C=O) groups is 2. The third-order valence-electron chi connectivity index (χ3n) is 9.28. The number of aryl methyl sites for hydroxylation is 3. The van der Waals surface area contributed by atoms with Crippen molar-refractivity contribution < 1.29 is 56.4 Å². The van der Waals surface area contributed by atoms with Gasteiger partial charge in [-0.25, -0.2) is 19.6 Å². The lowest BCUT2D eigenvalue weighted by molar-refractivity contribution is -0.132. The van der Waals surface area contributed by atoms with Gasteiger partial charge >= 0.3 is 24.3 Å². The molecule has 0 saturated carbocycles. The number of hydrogen-bond acceptors (Lipinski definition) is 8. The quantitative estimate of drug-likeness (QED) is 0.0550. The molecule has 0 saturated heterocycles. The molecule has 4 aromatic heterocycles. The van der Waals surface area contributed by atoms with Crippen molar-refractivity contribution in [1.82, 2.24) is 18.8 Å². The maximum atomic E-state index is 12.5. The number of imidazole rings is 2. The second kappa shape index (κ2) is 19.1. The zero-order valence-corrected chi connectivity index (χ0v) is 32.4. The monoisotopic (exact) mass is 840 g/mol. The van der Waals surface area contributed by atoms with Crippen molar-refractivity contribution in [2.24, 2.45) is 0 Å². The molecule has 4 heterocycles. The second-order valence-corrected chi connectivity index (χ2v) is 13.8. The third-order valence-corrected chi connectivity index (χ3v) is 9.28. The number of hydrogen-bond donors (Lipinski definition) is 6. The van der Waals surface area contributed by atoms with E-state index >= 15 is 0 Å². The molecular formula is C42H42F6N6O6. The molecule has 12 nitrogen and oxygen atoms in total. The number of rotatable bonds is 15. The number of aromatic carboxylic acids is 2. The number of anilines is 2. The van der Waals surface area contributed by atoms with Gasteiger partial charge in [-0.2, -0.15) is 26.3 Å². The van der Waals surface area contributed by atoms with Crippen molar-refractivity contribution in [2.45, 2.75) is 51.9 Å². The van der Waals surface area contributed by atoms with Gasteiger partial charge in [0, 0.05) is 43.2 Å². The number of aromatic nitrogens is 4. The summed E-state index contributed by atoms with van der Waals surface area (Å²) >= 11 is 0. The molecule has 0 unspecified atom stereocenters. The van der Waals surface area contributed by atoms with E-state index in [1.165, 1.54) is 18.2 Å². The topological polar surface area (TPSA) is 174 Å². The number of aliphatic hydroxyl groups excluding tert-OH is 2. The van der Waals surface area contributed by atoms with E-state index in [0.717, 1.165) is 16.7 Å². The van der Waals surface area contributed by atoms with Crippen LogP contribution in [0.15, 0.2) is 79.4 Å². The number of pyridine rings is 2. The highest BCUT2D eigenvalue weighted by Crippen LogP contribution is 2.31. The van der Waals surface area contributed by atoms with E-state index in [4.69, 9.17) is 10.2 Å². The SMILES string of the molecule is Cc1cc(-c2cnc3c(NCCC(F)(F)F)cc(/C=C\CO)cn23)ccc1C(=O)O.Cc1cc(-c2cnc3c(NCCC(F)(F)F)cc(CCCO)cn23)ccc1C(=O)O. The Hall–Kier alpha value is -6.40. The Labute approximate surface area is 339 Å². The summed E-state index contributed by atoms with van der Waals surface area (Å²) in [5, 5.41) is 42.2. The molecule has 0 atom stereocenters. The molecule has 318 valence electrons. The summed E-state index contributed by atoms with van der Waals surface area (Å²) in [6.07, 6.45) is 0.515. The number of alkyl halides is 6. The zero-order chi connectivity index (χ0) is 43.8. The van der Waals surface area contributed by atoms with E-state index < -0.39 is 37.1 Å². The fourth-order valence-electron chi connectivity index (χ4n) is 6.44. The molecule has 0 aliphatic carbocycles. The highest BCUT2D eigenvalue weighted by molar-refractivity contribution is 5.91. The van der Waals surface area contributed by atoms with Gasteiger partial charge in [0.05, 0.1) is 65.7 Å². The Morgan fingerprint density at radius 2 is 1.20 bits per heavy atom. The first-order valence-corrected chi connectivity index (χ1v) is 18.6. The van der Waals surface area contributed by atoms with Crippen molar-refractivity contribution in [1.29, 1.82) is 0 Å². The van der Waals surface area contributed by atoms with Crippen LogP contribution in [0.5, 0.6) is 0 Å². The number of halogens is 6. The van der Waals surface area contributed by atoms with Gasteiger partial charge in [0.15, 0.2) is 11.3 Å². The smallest absolute Gasteiger partial charge is 0.390 e. The first-order chi connectivity index (χ1) is 28.4. The second-order valence-electron chi connectivity index (χ2n) is 13.8. The molecule has 0 bridgehead atoms. The van der Waals surface area contributed by atoms with E-state index in [0.29, 0.717) is 63.6 Å². The lowest BCUT2D eigenvalue weighted by Crippen LogP contribution is -2.15. The lowest BCUT2D eigenvalue weighted by atomic mass is 10.0. The fourth-order valence-corrected chi connectivity index (χ4v) is 6.44. The van der Waals surface area contributed by atoms with Gasteiger partial charge in [0.1, 0.15) is 0 Å². The van der Waals surface area contributed by atoms with Crippen LogP contribution in [-0.2, 0) is 6.42 Å². The van der Waals surface area contributed by atoms with E-state index in [9.17, 15) is 46.1 Å². The van der Waals surface area contributed by atoms with E-state index in [1.54, 1.807) is 83.7 Å². The van der Waals surface area contributed by atoms with Crippen LogP contribution in [0.25, 0.3) is 39.9 Å². The number of nitrogens with zero attached hydrogens (tertiary/aromatic N) is 4. The van der Waals surface area contributed by atoms with Crippen molar-refractivity contribution in [3.05, 3.63) is 113 Å². The molecule has 0 aliphatic heterocycles. The Kier molecular flexibility index (Phi) is 14.2. The average Bonchev–Trinajstić information content (AvgIpc) is 3.80. The largest absolute Gasteiger partial charge is 0.478 e. The van der Waals surface area contributed by atoms with Gasteiger partial charge in [-0.15, -0.1) is 0 Å². The summed E-state index contributed by atoms with van der Waals surface area (Å²) in [6, 6.07) is 13.2. The highest BCUT2D eigenvalue weighted by Gasteiger charge is 2.27. The van der Waals surface area contributed by atoms with Crippen molar-refractivity contribution >= 4 is 40.7 Å². The summed E-state index contributed by atoms with van der Waals surface area (Å²) in [6.45, 7) is 2.63. The van der Waals surface area contributed by atoms with Crippen LogP contribution in [0.3, 0.4) is 0 Å². The minimum atomic E-state index is -4.28. The summed E-state index contributed by atoms with van der Waals surface area (Å²) in [5.41, 5.74) is 7.66. The Morgan fingerprint density at radius 1 is 0.717 bits per heavy atom. The van der Waals surface area contributed by atoms with Crippen molar-refractivity contribution in [3.63, 3.8) is 0 Å². The highest BCUT2D eigenvalue weighted by atomic mass is 19.4. The van der Waals surface area contributed by atoms with Crippen molar-refractivity contribution in [3.8, 4) is 22.5 Å². The van der Waals surface area contributed by atoms with Crippen LogP contribution in [0, 0.1) is 13.8 Å². The Morgan fingerprint density at radius 3 is 1.63 bits per heavy atom. The lowest BCUT2D eigenvalue weighted by Gasteiger charge is -2.13. The molecule has 0 amide bonds. The number of aliphatic hydroxyl groups is 2. The van der Waals surface area contributed by atoms with Gasteiger partial charge in [0.2, 0.25) is 0 Å². The van der Waals surface area contributed by atoms with Gasteiger partial charge < -0.3 is 31.1 Å². The van der Waals surface area contributed by atoms with Crippen LogP contribution in [0.1, 0.15) is 62.2 Å². The molecule has 2 aromatic carbocycles. The number of fused-ring (bicyclic) bond motifs is 2. The molecule has 60 heavy (non-hydrogen) atoms. The molecule has 0 aliphatic rings. The molecule has 0 radical (unpaired) electrons. The van der Waals surface area contributed by atoms with Gasteiger partial charge in [-0.3, -0.25) is 8.80 Å². The first-order valence-electron chi connectivity index (χ1n) is 18.6. The van der Waals surface area contributed by atoms with E-state index in [1.807, 2.05) is 6.20 Å². The molecule has 6 rings (SSSR count).